The second kappa shape index (κ2) is 5.96. The molecule has 0 fully saturated rings. The lowest BCUT2D eigenvalue weighted by molar-refractivity contribution is 0.574. The van der Waals surface area contributed by atoms with E-state index in [4.69, 9.17) is 5.73 Å². The Morgan fingerprint density at radius 3 is 2.75 bits per heavy atom. The highest BCUT2D eigenvalue weighted by Crippen LogP contribution is 2.04. The number of nitrogens with zero attached hydrogens (tertiary/aromatic N) is 1. The molecule has 0 bridgehead atoms. The molecule has 0 aliphatic carbocycles. The average Bonchev–Trinajstić information content (AvgIpc) is 2.17. The van der Waals surface area contributed by atoms with Gasteiger partial charge in [-0.3, -0.25) is 4.98 Å². The van der Waals surface area contributed by atoms with Crippen molar-refractivity contribution in [1.29, 1.82) is 0 Å². The molecule has 0 amide bonds. The maximum atomic E-state index is 10.9. The van der Waals surface area contributed by atoms with E-state index in [2.05, 4.69) is 4.98 Å². The third kappa shape index (κ3) is 5.82. The second-order valence-corrected chi connectivity index (χ2v) is 6.32. The van der Waals surface area contributed by atoms with E-state index >= 15 is 0 Å². The number of pyridine rings is 1. The molecule has 1 atom stereocenters. The summed E-state index contributed by atoms with van der Waals surface area (Å²) in [5.74, 6) is 0.211. The van der Waals surface area contributed by atoms with Crippen LogP contribution >= 0.6 is 0 Å². The Kier molecular flexibility index (Phi) is 4.89. The van der Waals surface area contributed by atoms with Crippen molar-refractivity contribution in [2.24, 2.45) is 5.73 Å². The van der Waals surface area contributed by atoms with Crippen LogP contribution < -0.4 is 5.73 Å². The van der Waals surface area contributed by atoms with E-state index in [1.165, 1.54) is 6.26 Å². The van der Waals surface area contributed by atoms with E-state index in [0.717, 1.165) is 5.69 Å². The molecule has 0 aliphatic heterocycles. The standard InChI is InChI=1S/C11H18N2O2S/c1-16(14,15)8-4-5-10(12)9-11-6-2-3-7-13-11/h2-3,6-7,10H,4-5,8-9,12H2,1H3. The largest absolute Gasteiger partial charge is 0.327 e. The average molecular weight is 242 g/mol. The van der Waals surface area contributed by atoms with E-state index < -0.39 is 9.84 Å². The number of aromatic nitrogens is 1. The van der Waals surface area contributed by atoms with Crippen LogP contribution in [-0.2, 0) is 16.3 Å². The van der Waals surface area contributed by atoms with Crippen molar-refractivity contribution in [3.8, 4) is 0 Å². The van der Waals surface area contributed by atoms with Gasteiger partial charge in [0.25, 0.3) is 0 Å². The number of hydrogen-bond donors (Lipinski definition) is 1. The summed E-state index contributed by atoms with van der Waals surface area (Å²) in [7, 11) is -2.86. The molecule has 2 N–H and O–H groups in total. The molecule has 0 aromatic carbocycles. The van der Waals surface area contributed by atoms with Gasteiger partial charge in [-0.25, -0.2) is 8.42 Å². The van der Waals surface area contributed by atoms with E-state index in [1.54, 1.807) is 6.20 Å². The van der Waals surface area contributed by atoms with E-state index in [1.807, 2.05) is 18.2 Å². The van der Waals surface area contributed by atoms with Crippen LogP contribution in [0.4, 0.5) is 0 Å². The Labute approximate surface area is 96.8 Å². The van der Waals surface area contributed by atoms with Crippen LogP contribution in [0.25, 0.3) is 0 Å². The van der Waals surface area contributed by atoms with Gasteiger partial charge in [0.15, 0.2) is 0 Å². The monoisotopic (exact) mass is 242 g/mol. The van der Waals surface area contributed by atoms with Crippen LogP contribution in [0, 0.1) is 0 Å². The molecule has 0 saturated heterocycles. The minimum Gasteiger partial charge on any atom is -0.327 e. The molecule has 1 aromatic rings. The predicted octanol–water partition coefficient (Wildman–Crippen LogP) is 0.776. The van der Waals surface area contributed by atoms with Crippen LogP contribution in [0.3, 0.4) is 0 Å². The molecule has 1 unspecified atom stereocenters. The topological polar surface area (TPSA) is 73.0 Å². The number of nitrogens with two attached hydrogens (primary N) is 1. The fourth-order valence-corrected chi connectivity index (χ4v) is 2.19. The Hall–Kier alpha value is -0.940. The summed E-state index contributed by atoms with van der Waals surface area (Å²) in [5, 5.41) is 0. The summed E-state index contributed by atoms with van der Waals surface area (Å²) in [6.45, 7) is 0. The van der Waals surface area contributed by atoms with Gasteiger partial charge in [-0.05, 0) is 25.0 Å². The molecule has 16 heavy (non-hydrogen) atoms. The molecule has 90 valence electrons. The van der Waals surface area contributed by atoms with Gasteiger partial charge >= 0.3 is 0 Å². The summed E-state index contributed by atoms with van der Waals surface area (Å²) in [6, 6.07) is 5.69. The first-order valence-electron chi connectivity index (χ1n) is 5.30. The van der Waals surface area contributed by atoms with Gasteiger partial charge in [-0.2, -0.15) is 0 Å². The van der Waals surface area contributed by atoms with Crippen molar-refractivity contribution in [3.05, 3.63) is 30.1 Å². The molecule has 1 heterocycles. The SMILES string of the molecule is CS(=O)(=O)CCCC(N)Cc1ccccn1. The maximum absolute atomic E-state index is 10.9. The van der Waals surface area contributed by atoms with Crippen molar-refractivity contribution in [3.63, 3.8) is 0 Å². The first-order chi connectivity index (χ1) is 7.47. The summed E-state index contributed by atoms with van der Waals surface area (Å²) in [4.78, 5) is 4.18. The number of sulfone groups is 1. The molecule has 0 saturated carbocycles. The molecular formula is C11H18N2O2S. The zero-order chi connectivity index (χ0) is 12.0. The molecule has 4 nitrogen and oxygen atoms in total. The Bertz CT molecular complexity index is 403. The van der Waals surface area contributed by atoms with Gasteiger partial charge in [0.05, 0.1) is 0 Å². The smallest absolute Gasteiger partial charge is 0.147 e. The van der Waals surface area contributed by atoms with E-state index in [-0.39, 0.29) is 11.8 Å². The van der Waals surface area contributed by atoms with Gasteiger partial charge in [-0.1, -0.05) is 6.07 Å². The van der Waals surface area contributed by atoms with Gasteiger partial charge < -0.3 is 5.73 Å². The molecule has 0 aliphatic rings. The molecule has 0 radical (unpaired) electrons. The van der Waals surface area contributed by atoms with E-state index in [0.29, 0.717) is 19.3 Å². The van der Waals surface area contributed by atoms with Crippen molar-refractivity contribution in [2.75, 3.05) is 12.0 Å². The highest BCUT2D eigenvalue weighted by Gasteiger charge is 2.07. The molecule has 5 heteroatoms. The maximum Gasteiger partial charge on any atom is 0.147 e. The quantitative estimate of drug-likeness (QED) is 0.800. The van der Waals surface area contributed by atoms with Crippen molar-refractivity contribution in [2.45, 2.75) is 25.3 Å². The zero-order valence-corrected chi connectivity index (χ0v) is 10.3. The number of hydrogen-bond acceptors (Lipinski definition) is 4. The van der Waals surface area contributed by atoms with Crippen LogP contribution in [0.1, 0.15) is 18.5 Å². The van der Waals surface area contributed by atoms with Gasteiger partial charge in [0.1, 0.15) is 9.84 Å². The van der Waals surface area contributed by atoms with Crippen LogP contribution in [0.2, 0.25) is 0 Å². The zero-order valence-electron chi connectivity index (χ0n) is 9.46. The van der Waals surface area contributed by atoms with E-state index in [9.17, 15) is 8.42 Å². The van der Waals surface area contributed by atoms with Crippen LogP contribution in [0.15, 0.2) is 24.4 Å². The fraction of sp³-hybridized carbons (Fsp3) is 0.545. The normalized spacial score (nSPS) is 13.6. The summed E-state index contributed by atoms with van der Waals surface area (Å²) >= 11 is 0. The molecule has 0 spiro atoms. The van der Waals surface area contributed by atoms with Gasteiger partial charge in [0, 0.05) is 36.4 Å². The van der Waals surface area contributed by atoms with Crippen LogP contribution in [0.5, 0.6) is 0 Å². The Morgan fingerprint density at radius 1 is 1.44 bits per heavy atom. The van der Waals surface area contributed by atoms with Crippen molar-refractivity contribution in [1.82, 2.24) is 4.98 Å². The fourth-order valence-electron chi connectivity index (χ4n) is 1.50. The van der Waals surface area contributed by atoms with Gasteiger partial charge in [0.2, 0.25) is 0 Å². The molecular weight excluding hydrogens is 224 g/mol. The second-order valence-electron chi connectivity index (χ2n) is 4.06. The first kappa shape index (κ1) is 13.1. The number of rotatable bonds is 6. The first-order valence-corrected chi connectivity index (χ1v) is 7.36. The minimum absolute atomic E-state index is 0.0170. The Balaban J connectivity index is 2.29. The van der Waals surface area contributed by atoms with Gasteiger partial charge in [-0.15, -0.1) is 0 Å². The summed E-state index contributed by atoms with van der Waals surface area (Å²) in [5.41, 5.74) is 6.85. The highest BCUT2D eigenvalue weighted by atomic mass is 32.2. The summed E-state index contributed by atoms with van der Waals surface area (Å²) in [6.07, 6.45) is 5.01. The minimum atomic E-state index is -2.86. The van der Waals surface area contributed by atoms with Crippen molar-refractivity contribution < 1.29 is 8.42 Å². The highest BCUT2D eigenvalue weighted by molar-refractivity contribution is 7.90. The van der Waals surface area contributed by atoms with Crippen molar-refractivity contribution >= 4 is 9.84 Å². The molecule has 1 aromatic heterocycles. The third-order valence-corrected chi connectivity index (χ3v) is 3.32. The van der Waals surface area contributed by atoms with Crippen LogP contribution in [-0.4, -0.2) is 31.5 Å². The summed E-state index contributed by atoms with van der Waals surface area (Å²) < 4.78 is 21.8. The molecule has 1 rings (SSSR count). The predicted molar refractivity (Wildman–Crippen MR) is 64.9 cm³/mol. The lowest BCUT2D eigenvalue weighted by Gasteiger charge is -2.10. The lowest BCUT2D eigenvalue weighted by atomic mass is 10.1. The third-order valence-electron chi connectivity index (χ3n) is 2.29. The lowest BCUT2D eigenvalue weighted by Crippen LogP contribution is -2.24. The Morgan fingerprint density at radius 2 is 2.19 bits per heavy atom.